The molecule has 1 fully saturated rings. The van der Waals surface area contributed by atoms with Crippen molar-refractivity contribution in [2.75, 3.05) is 6.61 Å². The fourth-order valence-electron chi connectivity index (χ4n) is 2.85. The average molecular weight is 341 g/mol. The van der Waals surface area contributed by atoms with E-state index in [-0.39, 0.29) is 23.9 Å². The molecule has 0 saturated carbocycles. The van der Waals surface area contributed by atoms with Gasteiger partial charge in [0.05, 0.1) is 11.0 Å². The number of hydrogen-bond donors (Lipinski definition) is 2. The Labute approximate surface area is 145 Å². The molecule has 2 aromatic carbocycles. The van der Waals surface area contributed by atoms with E-state index in [9.17, 15) is 14.9 Å². The van der Waals surface area contributed by atoms with Crippen LogP contribution in [0.3, 0.4) is 0 Å². The van der Waals surface area contributed by atoms with Crippen molar-refractivity contribution in [3.8, 4) is 0 Å². The molecule has 3 rings (SSSR count). The van der Waals surface area contributed by atoms with E-state index in [1.54, 1.807) is 12.1 Å². The minimum Gasteiger partial charge on any atom is -0.371 e. The van der Waals surface area contributed by atoms with Crippen molar-refractivity contribution in [2.45, 2.75) is 25.1 Å². The van der Waals surface area contributed by atoms with Gasteiger partial charge in [0.25, 0.3) is 5.69 Å². The zero-order valence-corrected chi connectivity index (χ0v) is 13.6. The van der Waals surface area contributed by atoms with Gasteiger partial charge >= 0.3 is 6.03 Å². The van der Waals surface area contributed by atoms with Gasteiger partial charge in [-0.1, -0.05) is 42.5 Å². The molecule has 0 bridgehead atoms. The maximum atomic E-state index is 12.1. The van der Waals surface area contributed by atoms with E-state index in [0.717, 1.165) is 17.5 Å². The first kappa shape index (κ1) is 16.9. The van der Waals surface area contributed by atoms with E-state index in [1.165, 1.54) is 12.1 Å². The third-order valence-electron chi connectivity index (χ3n) is 4.14. The molecule has 7 heteroatoms. The number of nitro benzene ring substituents is 1. The minimum absolute atomic E-state index is 0.0296. The largest absolute Gasteiger partial charge is 0.371 e. The summed E-state index contributed by atoms with van der Waals surface area (Å²) in [6.45, 7) is 0.903. The maximum Gasteiger partial charge on any atom is 0.315 e. The molecule has 1 heterocycles. The van der Waals surface area contributed by atoms with Gasteiger partial charge in [-0.25, -0.2) is 4.79 Å². The molecular weight excluding hydrogens is 322 g/mol. The van der Waals surface area contributed by atoms with Gasteiger partial charge in [0, 0.05) is 25.3 Å². The Hall–Kier alpha value is -2.93. The molecule has 2 aromatic rings. The van der Waals surface area contributed by atoms with Gasteiger partial charge in [-0.15, -0.1) is 0 Å². The molecule has 1 aliphatic rings. The number of amides is 2. The number of carbonyl (C=O) groups excluding carboxylic acids is 1. The number of nitrogens with one attached hydrogen (secondary N) is 2. The molecule has 7 nitrogen and oxygen atoms in total. The van der Waals surface area contributed by atoms with Gasteiger partial charge in [-0.05, 0) is 17.5 Å². The van der Waals surface area contributed by atoms with Gasteiger partial charge in [0.1, 0.15) is 6.10 Å². The van der Waals surface area contributed by atoms with Crippen molar-refractivity contribution >= 4 is 11.7 Å². The lowest BCUT2D eigenvalue weighted by Gasteiger charge is -2.20. The lowest BCUT2D eigenvalue weighted by Crippen LogP contribution is -2.43. The van der Waals surface area contributed by atoms with E-state index in [1.807, 2.05) is 30.3 Å². The second kappa shape index (κ2) is 7.76. The number of nitrogens with zero attached hydrogens (tertiary/aromatic N) is 1. The Morgan fingerprint density at radius 2 is 1.88 bits per heavy atom. The number of benzene rings is 2. The topological polar surface area (TPSA) is 93.5 Å². The molecule has 0 aliphatic carbocycles. The summed E-state index contributed by atoms with van der Waals surface area (Å²) in [5.74, 6) is 0. The van der Waals surface area contributed by atoms with E-state index in [0.29, 0.717) is 13.2 Å². The Morgan fingerprint density at radius 3 is 2.56 bits per heavy atom. The van der Waals surface area contributed by atoms with Crippen LogP contribution in [-0.2, 0) is 11.3 Å². The van der Waals surface area contributed by atoms with Gasteiger partial charge in [0.15, 0.2) is 0 Å². The van der Waals surface area contributed by atoms with Crippen LogP contribution in [0.5, 0.6) is 0 Å². The predicted octanol–water partition coefficient (Wildman–Crippen LogP) is 2.92. The summed E-state index contributed by atoms with van der Waals surface area (Å²) in [6, 6.07) is 15.5. The maximum absolute atomic E-state index is 12.1. The third-order valence-corrected chi connectivity index (χ3v) is 4.14. The second-order valence-corrected chi connectivity index (χ2v) is 5.85. The summed E-state index contributed by atoms with van der Waals surface area (Å²) < 4.78 is 5.74. The first-order valence-electron chi connectivity index (χ1n) is 8.08. The first-order chi connectivity index (χ1) is 12.1. The van der Waals surface area contributed by atoms with Gasteiger partial charge < -0.3 is 15.4 Å². The SMILES string of the molecule is O=C(NCc1ccc([N+](=O)[O-])cc1)N[C@H]1CCO[C@H]1c1ccccc1. The van der Waals surface area contributed by atoms with Crippen LogP contribution in [0.1, 0.15) is 23.7 Å². The number of rotatable bonds is 5. The summed E-state index contributed by atoms with van der Waals surface area (Å²) in [5, 5.41) is 16.3. The van der Waals surface area contributed by atoms with Crippen LogP contribution in [0, 0.1) is 10.1 Å². The molecule has 0 unspecified atom stereocenters. The predicted molar refractivity (Wildman–Crippen MR) is 92.0 cm³/mol. The number of ether oxygens (including phenoxy) is 1. The molecule has 0 aromatic heterocycles. The van der Waals surface area contributed by atoms with E-state index < -0.39 is 4.92 Å². The first-order valence-corrected chi connectivity index (χ1v) is 8.08. The second-order valence-electron chi connectivity index (χ2n) is 5.85. The molecule has 2 amide bonds. The minimum atomic E-state index is -0.451. The Morgan fingerprint density at radius 1 is 1.16 bits per heavy atom. The highest BCUT2D eigenvalue weighted by Crippen LogP contribution is 2.28. The summed E-state index contributed by atoms with van der Waals surface area (Å²) in [5.41, 5.74) is 1.87. The van der Waals surface area contributed by atoms with Crippen molar-refractivity contribution in [2.24, 2.45) is 0 Å². The van der Waals surface area contributed by atoms with Crippen LogP contribution >= 0.6 is 0 Å². The summed E-state index contributed by atoms with van der Waals surface area (Å²) in [4.78, 5) is 22.3. The fourth-order valence-corrected chi connectivity index (χ4v) is 2.85. The zero-order chi connectivity index (χ0) is 17.6. The summed E-state index contributed by atoms with van der Waals surface area (Å²) in [6.07, 6.45) is 0.608. The molecule has 1 aliphatic heterocycles. The van der Waals surface area contributed by atoms with Crippen molar-refractivity contribution in [3.63, 3.8) is 0 Å². The van der Waals surface area contributed by atoms with Crippen LogP contribution in [0.15, 0.2) is 54.6 Å². The lowest BCUT2D eigenvalue weighted by atomic mass is 10.0. The molecular formula is C18H19N3O4. The molecule has 0 radical (unpaired) electrons. The van der Waals surface area contributed by atoms with E-state index >= 15 is 0 Å². The summed E-state index contributed by atoms with van der Waals surface area (Å²) in [7, 11) is 0. The van der Waals surface area contributed by atoms with E-state index in [2.05, 4.69) is 10.6 Å². The normalized spacial score (nSPS) is 19.4. The molecule has 0 spiro atoms. The standard InChI is InChI=1S/C18H19N3O4/c22-18(19-12-13-6-8-15(9-7-13)21(23)24)20-16-10-11-25-17(16)14-4-2-1-3-5-14/h1-9,16-17H,10-12H2,(H2,19,20,22)/t16-,17-/m0/s1. The number of non-ortho nitro benzene ring substituents is 1. The smallest absolute Gasteiger partial charge is 0.315 e. The number of hydrogen-bond acceptors (Lipinski definition) is 4. The van der Waals surface area contributed by atoms with Crippen LogP contribution in [-0.4, -0.2) is 23.6 Å². The fraction of sp³-hybridized carbons (Fsp3) is 0.278. The highest BCUT2D eigenvalue weighted by Gasteiger charge is 2.30. The van der Waals surface area contributed by atoms with Crippen LogP contribution in [0.2, 0.25) is 0 Å². The Bertz CT molecular complexity index is 734. The lowest BCUT2D eigenvalue weighted by molar-refractivity contribution is -0.384. The van der Waals surface area contributed by atoms with Gasteiger partial charge in [-0.2, -0.15) is 0 Å². The molecule has 2 N–H and O–H groups in total. The highest BCUT2D eigenvalue weighted by molar-refractivity contribution is 5.74. The van der Waals surface area contributed by atoms with Gasteiger partial charge in [-0.3, -0.25) is 10.1 Å². The third kappa shape index (κ3) is 4.33. The molecule has 1 saturated heterocycles. The van der Waals surface area contributed by atoms with Crippen LogP contribution in [0.25, 0.3) is 0 Å². The van der Waals surface area contributed by atoms with Crippen LogP contribution in [0.4, 0.5) is 10.5 Å². The van der Waals surface area contributed by atoms with Crippen molar-refractivity contribution < 1.29 is 14.5 Å². The Balaban J connectivity index is 1.52. The average Bonchev–Trinajstić information content (AvgIpc) is 3.09. The van der Waals surface area contributed by atoms with E-state index in [4.69, 9.17) is 4.74 Å². The monoisotopic (exact) mass is 341 g/mol. The Kier molecular flexibility index (Phi) is 5.25. The molecule has 130 valence electrons. The van der Waals surface area contributed by atoms with Crippen molar-refractivity contribution in [1.82, 2.24) is 10.6 Å². The van der Waals surface area contributed by atoms with Crippen molar-refractivity contribution in [3.05, 3.63) is 75.8 Å². The number of nitro groups is 1. The zero-order valence-electron chi connectivity index (χ0n) is 13.6. The highest BCUT2D eigenvalue weighted by atomic mass is 16.6. The number of urea groups is 1. The van der Waals surface area contributed by atoms with Crippen LogP contribution < -0.4 is 10.6 Å². The number of carbonyl (C=O) groups is 1. The van der Waals surface area contributed by atoms with Gasteiger partial charge in [0.2, 0.25) is 0 Å². The van der Waals surface area contributed by atoms with Crippen molar-refractivity contribution in [1.29, 1.82) is 0 Å². The molecule has 2 atom stereocenters. The summed E-state index contributed by atoms with van der Waals surface area (Å²) >= 11 is 0. The quantitative estimate of drug-likeness (QED) is 0.646. The molecule has 25 heavy (non-hydrogen) atoms.